The maximum Gasteiger partial charge on any atom is 0.150 e. The average molecular weight is 310 g/mol. The summed E-state index contributed by atoms with van der Waals surface area (Å²) in [5.74, 6) is 0.451. The van der Waals surface area contributed by atoms with Crippen molar-refractivity contribution in [2.45, 2.75) is 49.8 Å². The minimum atomic E-state index is -2.91. The Balaban J connectivity index is 1.94. The molecule has 3 atom stereocenters. The van der Waals surface area contributed by atoms with E-state index < -0.39 is 9.84 Å². The predicted molar refractivity (Wildman–Crippen MR) is 86.0 cm³/mol. The first-order valence-corrected chi connectivity index (χ1v) is 9.72. The zero-order valence-corrected chi connectivity index (χ0v) is 13.8. The third kappa shape index (κ3) is 4.78. The Hall–Kier alpha value is -0.940. The van der Waals surface area contributed by atoms with Crippen LogP contribution in [-0.2, 0) is 16.3 Å². The van der Waals surface area contributed by atoms with Crippen LogP contribution < -0.4 is 5.32 Å². The second kappa shape index (κ2) is 7.36. The molecule has 4 nitrogen and oxygen atoms in total. The Morgan fingerprint density at radius 2 is 2.19 bits per heavy atom. The molecule has 0 spiro atoms. The molecule has 21 heavy (non-hydrogen) atoms. The second-order valence-corrected chi connectivity index (χ2v) is 8.46. The van der Waals surface area contributed by atoms with Gasteiger partial charge in [-0.25, -0.2) is 8.42 Å². The molecule has 1 aromatic rings. The molecule has 1 aliphatic carbocycles. The van der Waals surface area contributed by atoms with Gasteiger partial charge in [0.2, 0.25) is 0 Å². The van der Waals surface area contributed by atoms with Crippen molar-refractivity contribution in [2.24, 2.45) is 5.92 Å². The molecule has 1 heterocycles. The minimum absolute atomic E-state index is 0.151. The molecule has 0 bridgehead atoms. The minimum Gasteiger partial charge on any atom is -0.317 e. The lowest BCUT2D eigenvalue weighted by Gasteiger charge is -2.33. The zero-order chi connectivity index (χ0) is 15.3. The summed E-state index contributed by atoms with van der Waals surface area (Å²) in [5, 5.41) is 3.24. The van der Waals surface area contributed by atoms with Crippen LogP contribution in [-0.4, -0.2) is 38.0 Å². The number of nitrogens with one attached hydrogen (secondary N) is 1. The molecule has 0 amide bonds. The average Bonchev–Trinajstić information content (AvgIpc) is 2.48. The number of sulfone groups is 1. The lowest BCUT2D eigenvalue weighted by molar-refractivity contribution is 0.268. The first kappa shape index (κ1) is 16.4. The Bertz CT molecular complexity index is 530. The first-order valence-electron chi connectivity index (χ1n) is 7.76. The summed E-state index contributed by atoms with van der Waals surface area (Å²) in [6.45, 7) is 0. The summed E-state index contributed by atoms with van der Waals surface area (Å²) in [6.07, 6.45) is 8.91. The van der Waals surface area contributed by atoms with Crippen molar-refractivity contribution in [3.63, 3.8) is 0 Å². The highest BCUT2D eigenvalue weighted by Gasteiger charge is 2.32. The maximum atomic E-state index is 11.8. The van der Waals surface area contributed by atoms with Crippen molar-refractivity contribution in [2.75, 3.05) is 13.3 Å². The molecule has 0 saturated heterocycles. The van der Waals surface area contributed by atoms with E-state index in [0.29, 0.717) is 12.0 Å². The van der Waals surface area contributed by atoms with Crippen molar-refractivity contribution in [1.82, 2.24) is 10.3 Å². The largest absolute Gasteiger partial charge is 0.317 e. The Morgan fingerprint density at radius 1 is 1.38 bits per heavy atom. The highest BCUT2D eigenvalue weighted by molar-refractivity contribution is 7.91. The van der Waals surface area contributed by atoms with E-state index in [2.05, 4.69) is 10.3 Å². The third-order valence-corrected chi connectivity index (χ3v) is 6.29. The molecule has 0 aliphatic heterocycles. The van der Waals surface area contributed by atoms with E-state index >= 15 is 0 Å². The number of hydrogen-bond donors (Lipinski definition) is 1. The summed E-state index contributed by atoms with van der Waals surface area (Å²) >= 11 is 0. The second-order valence-electron chi connectivity index (χ2n) is 6.13. The number of aromatic nitrogens is 1. The Kier molecular flexibility index (Phi) is 5.76. The van der Waals surface area contributed by atoms with Gasteiger partial charge in [0.1, 0.15) is 9.84 Å². The van der Waals surface area contributed by atoms with Crippen LogP contribution in [0.25, 0.3) is 0 Å². The van der Waals surface area contributed by atoms with Gasteiger partial charge in [0, 0.05) is 24.2 Å². The fraction of sp³-hybridized carbons (Fsp3) is 0.688. The predicted octanol–water partition coefficient (Wildman–Crippen LogP) is 2.21. The number of rotatable bonds is 6. The SMILES string of the molecule is CNC(CCc1ccccn1)C1CCCC(S(C)(=O)=O)C1. The van der Waals surface area contributed by atoms with Crippen LogP contribution in [0, 0.1) is 5.92 Å². The first-order chi connectivity index (χ1) is 10.0. The van der Waals surface area contributed by atoms with Gasteiger partial charge in [-0.2, -0.15) is 0 Å². The molecule has 118 valence electrons. The molecule has 3 unspecified atom stereocenters. The lowest BCUT2D eigenvalue weighted by atomic mass is 9.82. The van der Waals surface area contributed by atoms with E-state index in [-0.39, 0.29) is 5.25 Å². The lowest BCUT2D eigenvalue weighted by Crippen LogP contribution is -2.39. The maximum absolute atomic E-state index is 11.8. The van der Waals surface area contributed by atoms with Crippen LogP contribution in [0.15, 0.2) is 24.4 Å². The van der Waals surface area contributed by atoms with Crippen molar-refractivity contribution >= 4 is 9.84 Å². The van der Waals surface area contributed by atoms with Gasteiger partial charge in [-0.1, -0.05) is 12.5 Å². The smallest absolute Gasteiger partial charge is 0.150 e. The normalized spacial score (nSPS) is 24.7. The summed E-state index contributed by atoms with van der Waals surface area (Å²) in [5.41, 5.74) is 1.10. The van der Waals surface area contributed by atoms with Gasteiger partial charge in [-0.15, -0.1) is 0 Å². The monoisotopic (exact) mass is 310 g/mol. The molecule has 1 aliphatic rings. The summed E-state index contributed by atoms with van der Waals surface area (Å²) in [6, 6.07) is 6.36. The van der Waals surface area contributed by atoms with Gasteiger partial charge >= 0.3 is 0 Å². The zero-order valence-electron chi connectivity index (χ0n) is 13.0. The van der Waals surface area contributed by atoms with E-state index in [0.717, 1.165) is 44.2 Å². The highest BCUT2D eigenvalue weighted by atomic mass is 32.2. The third-order valence-electron chi connectivity index (χ3n) is 4.65. The molecule has 1 fully saturated rings. The molecular weight excluding hydrogens is 284 g/mol. The van der Waals surface area contributed by atoms with Crippen LogP contribution >= 0.6 is 0 Å². The molecule has 1 saturated carbocycles. The summed E-state index contributed by atoms with van der Waals surface area (Å²) in [7, 11) is -0.928. The van der Waals surface area contributed by atoms with Crippen molar-refractivity contribution in [1.29, 1.82) is 0 Å². The van der Waals surface area contributed by atoms with Gasteiger partial charge in [-0.05, 0) is 57.2 Å². The van der Waals surface area contributed by atoms with Gasteiger partial charge in [0.25, 0.3) is 0 Å². The number of pyridine rings is 1. The van der Waals surface area contributed by atoms with E-state index in [1.165, 1.54) is 6.26 Å². The number of aryl methyl sites for hydroxylation is 1. The number of hydrogen-bond acceptors (Lipinski definition) is 4. The van der Waals surface area contributed by atoms with Gasteiger partial charge in [-0.3, -0.25) is 4.98 Å². The number of nitrogens with zero attached hydrogens (tertiary/aromatic N) is 1. The molecule has 1 N–H and O–H groups in total. The van der Waals surface area contributed by atoms with E-state index in [1.807, 2.05) is 31.4 Å². The quantitative estimate of drug-likeness (QED) is 0.875. The van der Waals surface area contributed by atoms with Gasteiger partial charge in [0.15, 0.2) is 0 Å². The molecule has 2 rings (SSSR count). The van der Waals surface area contributed by atoms with Crippen molar-refractivity contribution in [3.8, 4) is 0 Å². The van der Waals surface area contributed by atoms with Crippen molar-refractivity contribution < 1.29 is 8.42 Å². The molecule has 0 radical (unpaired) electrons. The van der Waals surface area contributed by atoms with Crippen LogP contribution in [0.4, 0.5) is 0 Å². The van der Waals surface area contributed by atoms with Crippen molar-refractivity contribution in [3.05, 3.63) is 30.1 Å². The summed E-state index contributed by atoms with van der Waals surface area (Å²) in [4.78, 5) is 4.36. The molecule has 0 aromatic carbocycles. The highest BCUT2D eigenvalue weighted by Crippen LogP contribution is 2.31. The molecule has 5 heteroatoms. The molecule has 1 aromatic heterocycles. The molecular formula is C16H26N2O2S. The van der Waals surface area contributed by atoms with Crippen LogP contribution in [0.1, 0.15) is 37.8 Å². The fourth-order valence-corrected chi connectivity index (χ4v) is 4.59. The fourth-order valence-electron chi connectivity index (χ4n) is 3.40. The van der Waals surface area contributed by atoms with Crippen LogP contribution in [0.5, 0.6) is 0 Å². The Morgan fingerprint density at radius 3 is 2.81 bits per heavy atom. The van der Waals surface area contributed by atoms with E-state index in [9.17, 15) is 8.42 Å². The standard InChI is InChI=1S/C16H26N2O2S/c1-17-16(10-9-14-7-3-4-11-18-14)13-6-5-8-15(12-13)21(2,19)20/h3-4,7,11,13,15-17H,5-6,8-10,12H2,1-2H3. The van der Waals surface area contributed by atoms with Gasteiger partial charge < -0.3 is 5.32 Å². The van der Waals surface area contributed by atoms with Crippen LogP contribution in [0.2, 0.25) is 0 Å². The van der Waals surface area contributed by atoms with E-state index in [1.54, 1.807) is 0 Å². The Labute approximate surface area is 128 Å². The van der Waals surface area contributed by atoms with Crippen LogP contribution in [0.3, 0.4) is 0 Å². The topological polar surface area (TPSA) is 59.1 Å². The van der Waals surface area contributed by atoms with E-state index in [4.69, 9.17) is 0 Å². The van der Waals surface area contributed by atoms with Gasteiger partial charge in [0.05, 0.1) is 5.25 Å². The summed E-state index contributed by atoms with van der Waals surface area (Å²) < 4.78 is 23.6.